The molecule has 0 atom stereocenters. The smallest absolute Gasteiger partial charge is 0.283 e. The third-order valence-electron chi connectivity index (χ3n) is 5.54. The van der Waals surface area contributed by atoms with E-state index in [4.69, 9.17) is 19.6 Å². The lowest BCUT2D eigenvalue weighted by Crippen LogP contribution is -2.35. The van der Waals surface area contributed by atoms with Crippen molar-refractivity contribution in [2.45, 2.75) is 40.0 Å². The van der Waals surface area contributed by atoms with Crippen molar-refractivity contribution in [1.82, 2.24) is 5.01 Å². The van der Waals surface area contributed by atoms with E-state index in [1.54, 1.807) is 25.3 Å². The van der Waals surface area contributed by atoms with Gasteiger partial charge in [-0.05, 0) is 85.5 Å². The number of thioether (sulfide) groups is 1. The van der Waals surface area contributed by atoms with E-state index in [1.807, 2.05) is 32.0 Å². The zero-order valence-electron chi connectivity index (χ0n) is 21.0. The van der Waals surface area contributed by atoms with Gasteiger partial charge in [0.15, 0.2) is 17.3 Å². The number of carbonyl (C=O) groups is 1. The summed E-state index contributed by atoms with van der Waals surface area (Å²) in [6.45, 7) is 6.91. The van der Waals surface area contributed by atoms with E-state index in [9.17, 15) is 4.79 Å². The van der Waals surface area contributed by atoms with E-state index in [0.717, 1.165) is 41.2 Å². The number of aliphatic imine (C=N–C) groups is 1. The molecular weight excluding hydrogens is 476 g/mol. The highest BCUT2D eigenvalue weighted by Gasteiger charge is 2.35. The van der Waals surface area contributed by atoms with Gasteiger partial charge in [-0.3, -0.25) is 10.2 Å². The monoisotopic (exact) mass is 506 g/mol. The van der Waals surface area contributed by atoms with Crippen molar-refractivity contribution in [3.05, 3.63) is 58.7 Å². The maximum absolute atomic E-state index is 12.7. The second-order valence-corrected chi connectivity index (χ2v) is 9.59. The number of hydrazone groups is 1. The fourth-order valence-corrected chi connectivity index (χ4v) is 4.77. The quantitative estimate of drug-likeness (QED) is 0.334. The maximum Gasteiger partial charge on any atom is 0.283 e. The molecule has 0 fully saturated rings. The molecule has 0 saturated carbocycles. The van der Waals surface area contributed by atoms with Crippen LogP contribution in [0.15, 0.2) is 52.1 Å². The summed E-state index contributed by atoms with van der Waals surface area (Å²) >= 11 is 1.36. The Balaban J connectivity index is 1.42. The normalized spacial score (nSPS) is 16.1. The number of amides is 1. The Bertz CT molecular complexity index is 1250. The molecule has 0 aliphatic carbocycles. The molecule has 1 amide bonds. The van der Waals surface area contributed by atoms with Gasteiger partial charge in [0, 0.05) is 0 Å². The first-order chi connectivity index (χ1) is 17.4. The number of nitrogens with zero attached hydrogens (tertiary/aromatic N) is 3. The van der Waals surface area contributed by atoms with E-state index in [1.165, 1.54) is 16.8 Å². The lowest BCUT2D eigenvalue weighted by molar-refractivity contribution is -0.114. The Kier molecular flexibility index (Phi) is 8.10. The predicted molar refractivity (Wildman–Crippen MR) is 144 cm³/mol. The highest BCUT2D eigenvalue weighted by atomic mass is 32.2. The summed E-state index contributed by atoms with van der Waals surface area (Å²) in [5.41, 5.74) is 3.17. The molecule has 9 heteroatoms. The number of rotatable bonds is 10. The van der Waals surface area contributed by atoms with Gasteiger partial charge in [0.05, 0.1) is 12.7 Å². The Labute approximate surface area is 215 Å². The third kappa shape index (κ3) is 5.96. The summed E-state index contributed by atoms with van der Waals surface area (Å²) < 4.78 is 17.2. The molecular formula is C27H30N4O4S. The fraction of sp³-hybridized carbons (Fsp3) is 0.333. The minimum atomic E-state index is -0.450. The van der Waals surface area contributed by atoms with Crippen LogP contribution in [0.3, 0.4) is 0 Å². The Morgan fingerprint density at radius 2 is 1.81 bits per heavy atom. The van der Waals surface area contributed by atoms with Crippen LogP contribution in [0.5, 0.6) is 17.2 Å². The molecule has 2 aromatic carbocycles. The van der Waals surface area contributed by atoms with Crippen LogP contribution in [0.4, 0.5) is 0 Å². The molecule has 4 rings (SSSR count). The molecule has 36 heavy (non-hydrogen) atoms. The molecule has 2 aliphatic heterocycles. The van der Waals surface area contributed by atoms with Crippen molar-refractivity contribution in [2.75, 3.05) is 20.3 Å². The predicted octanol–water partition coefficient (Wildman–Crippen LogP) is 5.58. The molecule has 0 saturated heterocycles. The van der Waals surface area contributed by atoms with E-state index in [2.05, 4.69) is 23.1 Å². The number of aryl methyl sites for hydroxylation is 2. The molecule has 2 heterocycles. The van der Waals surface area contributed by atoms with Crippen molar-refractivity contribution in [1.29, 1.82) is 5.41 Å². The molecule has 2 aromatic rings. The summed E-state index contributed by atoms with van der Waals surface area (Å²) in [4.78, 5) is 16.8. The van der Waals surface area contributed by atoms with E-state index in [-0.39, 0.29) is 11.4 Å². The van der Waals surface area contributed by atoms with Gasteiger partial charge in [-0.2, -0.15) is 15.1 Å². The van der Waals surface area contributed by atoms with Crippen LogP contribution in [0.1, 0.15) is 42.9 Å². The maximum atomic E-state index is 12.7. The topological polar surface area (TPSA) is 96.6 Å². The number of methoxy groups -OCH3 is 1. The summed E-state index contributed by atoms with van der Waals surface area (Å²) in [7, 11) is 1.56. The molecule has 188 valence electrons. The van der Waals surface area contributed by atoms with Gasteiger partial charge in [0.1, 0.15) is 24.0 Å². The Morgan fingerprint density at radius 3 is 2.53 bits per heavy atom. The highest BCUT2D eigenvalue weighted by molar-refractivity contribution is 8.26. The Hall–Kier alpha value is -3.59. The van der Waals surface area contributed by atoms with E-state index >= 15 is 0 Å². The molecule has 0 aromatic heterocycles. The summed E-state index contributed by atoms with van der Waals surface area (Å²) in [5, 5.41) is 15.8. The minimum Gasteiger partial charge on any atom is -0.493 e. The van der Waals surface area contributed by atoms with Crippen LogP contribution >= 0.6 is 11.8 Å². The van der Waals surface area contributed by atoms with Crippen LogP contribution in [0, 0.1) is 19.3 Å². The molecule has 0 unspecified atom stereocenters. The first kappa shape index (κ1) is 25.5. The zero-order valence-corrected chi connectivity index (χ0v) is 21.8. The average molecular weight is 507 g/mol. The molecule has 2 aliphatic rings. The Morgan fingerprint density at radius 1 is 1.06 bits per heavy atom. The zero-order chi connectivity index (χ0) is 25.7. The van der Waals surface area contributed by atoms with Crippen LogP contribution < -0.4 is 14.2 Å². The number of benzene rings is 2. The largest absolute Gasteiger partial charge is 0.493 e. The second-order valence-electron chi connectivity index (χ2n) is 8.55. The lowest BCUT2D eigenvalue weighted by Gasteiger charge is -2.20. The van der Waals surface area contributed by atoms with Crippen molar-refractivity contribution in [3.8, 4) is 17.2 Å². The number of fused-ring (bicyclic) bond motifs is 1. The summed E-state index contributed by atoms with van der Waals surface area (Å²) in [5.74, 6) is 1.47. The van der Waals surface area contributed by atoms with Crippen LogP contribution in [0.25, 0.3) is 6.08 Å². The van der Waals surface area contributed by atoms with Crippen LogP contribution in [0.2, 0.25) is 0 Å². The average Bonchev–Trinajstić information content (AvgIpc) is 3.25. The van der Waals surface area contributed by atoms with Gasteiger partial charge in [-0.1, -0.05) is 25.5 Å². The number of unbranched alkanes of at least 4 members (excludes halogenated alkanes) is 1. The van der Waals surface area contributed by atoms with Gasteiger partial charge in [0.2, 0.25) is 5.17 Å². The van der Waals surface area contributed by atoms with E-state index < -0.39 is 5.91 Å². The fourth-order valence-electron chi connectivity index (χ4n) is 3.85. The van der Waals surface area contributed by atoms with Crippen molar-refractivity contribution in [3.63, 3.8) is 0 Å². The first-order valence-corrected chi connectivity index (χ1v) is 12.7. The first-order valence-electron chi connectivity index (χ1n) is 11.9. The molecule has 0 spiro atoms. The SMILES string of the molecule is CCCCC1=NN2C(=N)/C(=C/c3ccc(OCCOc4cc(C)cc(C)c4)c(OC)c3)C(=O)N=C2S1. The van der Waals surface area contributed by atoms with Gasteiger partial charge < -0.3 is 14.2 Å². The van der Waals surface area contributed by atoms with Gasteiger partial charge in [0.25, 0.3) is 5.91 Å². The standard InChI is InChI=1S/C27H30N4O4S/c1-5-6-7-24-30-31-25(28)21(26(32)29-27(31)36-24)15-19-8-9-22(23(16-19)33-4)35-11-10-34-20-13-17(2)12-18(3)14-20/h8-9,12-16,28H,5-7,10-11H2,1-4H3/b21-15-,28-25?. The minimum absolute atomic E-state index is 0.0202. The van der Waals surface area contributed by atoms with Crippen molar-refractivity contribution >= 4 is 39.8 Å². The molecule has 8 nitrogen and oxygen atoms in total. The summed E-state index contributed by atoms with van der Waals surface area (Å²) in [6, 6.07) is 11.4. The molecule has 0 radical (unpaired) electrons. The van der Waals surface area contributed by atoms with Crippen molar-refractivity contribution < 1.29 is 19.0 Å². The number of ether oxygens (including phenoxy) is 3. The van der Waals surface area contributed by atoms with Gasteiger partial charge in [-0.15, -0.1) is 0 Å². The van der Waals surface area contributed by atoms with Gasteiger partial charge >= 0.3 is 0 Å². The van der Waals surface area contributed by atoms with E-state index in [0.29, 0.717) is 35.4 Å². The number of hydrogen-bond donors (Lipinski definition) is 1. The highest BCUT2D eigenvalue weighted by Crippen LogP contribution is 2.32. The van der Waals surface area contributed by atoms with Crippen molar-refractivity contribution in [2.24, 2.45) is 10.1 Å². The molecule has 1 N–H and O–H groups in total. The number of nitrogens with one attached hydrogen (secondary N) is 1. The van der Waals surface area contributed by atoms with Crippen LogP contribution in [-0.4, -0.2) is 47.3 Å². The third-order valence-corrected chi connectivity index (χ3v) is 6.51. The summed E-state index contributed by atoms with van der Waals surface area (Å²) in [6.07, 6.45) is 4.49. The second kappa shape index (κ2) is 11.4. The van der Waals surface area contributed by atoms with Gasteiger partial charge in [-0.25, -0.2) is 0 Å². The van der Waals surface area contributed by atoms with Crippen LogP contribution in [-0.2, 0) is 4.79 Å². The number of carbonyl (C=O) groups excluding carboxylic acids is 1. The number of hydrogen-bond acceptors (Lipinski definition) is 7. The molecule has 0 bridgehead atoms. The number of amidine groups is 2. The lowest BCUT2D eigenvalue weighted by atomic mass is 10.1.